The molecule has 1 aromatic carbocycles. The highest BCUT2D eigenvalue weighted by molar-refractivity contribution is 6.00. The molecule has 9 nitrogen and oxygen atoms in total. The number of morpholine rings is 1. The van der Waals surface area contributed by atoms with Gasteiger partial charge in [-0.05, 0) is 68.5 Å². The lowest BCUT2D eigenvalue weighted by Gasteiger charge is -2.34. The standard InChI is InChI=1S/C32H43N5O4/c1-22-15-23(2)29(31(38)16-22)20-33-32(39)28-17-25(18-30(24(28)3)35(4)27-5-11-40-12-6-27)26-19-34-37(21-26)8-7-36-9-13-41-14-10-36/h15-19,21,27,29H,5-14,20H2,1-4H3,(H,33,39). The molecule has 41 heavy (non-hydrogen) atoms. The normalized spacial score (nSPS) is 20.5. The van der Waals surface area contributed by atoms with Gasteiger partial charge in [0.15, 0.2) is 5.78 Å². The molecule has 2 saturated heterocycles. The Morgan fingerprint density at radius 1 is 1.02 bits per heavy atom. The van der Waals surface area contributed by atoms with Gasteiger partial charge in [0.25, 0.3) is 5.91 Å². The van der Waals surface area contributed by atoms with Crippen molar-refractivity contribution < 1.29 is 19.1 Å². The third-order valence-corrected chi connectivity index (χ3v) is 8.64. The van der Waals surface area contributed by atoms with Crippen LogP contribution in [0.4, 0.5) is 5.69 Å². The summed E-state index contributed by atoms with van der Waals surface area (Å²) in [5.41, 5.74) is 6.44. The van der Waals surface area contributed by atoms with Crippen molar-refractivity contribution in [2.24, 2.45) is 5.92 Å². The van der Waals surface area contributed by atoms with Crippen LogP contribution >= 0.6 is 0 Å². The first-order valence-electron chi connectivity index (χ1n) is 14.8. The highest BCUT2D eigenvalue weighted by Crippen LogP contribution is 2.33. The van der Waals surface area contributed by atoms with Gasteiger partial charge in [-0.3, -0.25) is 19.2 Å². The molecule has 9 heteroatoms. The van der Waals surface area contributed by atoms with Crippen LogP contribution in [0.2, 0.25) is 0 Å². The lowest BCUT2D eigenvalue weighted by atomic mass is 9.88. The Morgan fingerprint density at radius 2 is 1.76 bits per heavy atom. The van der Waals surface area contributed by atoms with Crippen LogP contribution in [0.1, 0.15) is 42.6 Å². The fraction of sp³-hybridized carbons (Fsp3) is 0.531. The molecule has 1 aliphatic carbocycles. The van der Waals surface area contributed by atoms with E-state index in [2.05, 4.69) is 39.5 Å². The molecule has 0 bridgehead atoms. The number of hydrogen-bond acceptors (Lipinski definition) is 7. The SMILES string of the molecule is CC1=CC(=O)C(CNC(=O)c2cc(-c3cnn(CCN4CCOCC4)c3)cc(N(C)C3CCOCC3)c2C)C(C)=C1. The first-order valence-corrected chi connectivity index (χ1v) is 14.8. The number of carbonyl (C=O) groups excluding carboxylic acids is 2. The molecular formula is C32H43N5O4. The summed E-state index contributed by atoms with van der Waals surface area (Å²) >= 11 is 0. The van der Waals surface area contributed by atoms with Crippen molar-refractivity contribution in [3.05, 3.63) is 59.0 Å². The molecule has 1 unspecified atom stereocenters. The smallest absolute Gasteiger partial charge is 0.251 e. The number of hydrogen-bond donors (Lipinski definition) is 1. The molecule has 5 rings (SSSR count). The fourth-order valence-electron chi connectivity index (χ4n) is 6.04. The Balaban J connectivity index is 1.39. The minimum atomic E-state index is -0.333. The molecule has 2 fully saturated rings. The van der Waals surface area contributed by atoms with Gasteiger partial charge in [-0.25, -0.2) is 0 Å². The second kappa shape index (κ2) is 13.1. The van der Waals surface area contributed by atoms with Crippen LogP contribution in [0.5, 0.6) is 0 Å². The van der Waals surface area contributed by atoms with E-state index in [1.807, 2.05) is 43.8 Å². The minimum absolute atomic E-state index is 0.0395. The molecule has 220 valence electrons. The summed E-state index contributed by atoms with van der Waals surface area (Å²) in [4.78, 5) is 31.0. The van der Waals surface area contributed by atoms with Crippen molar-refractivity contribution in [1.82, 2.24) is 20.0 Å². The first-order chi connectivity index (χ1) is 19.8. The van der Waals surface area contributed by atoms with Gasteiger partial charge in [0.1, 0.15) is 0 Å². The molecule has 1 N–H and O–H groups in total. The quantitative estimate of drug-likeness (QED) is 0.500. The maximum Gasteiger partial charge on any atom is 0.251 e. The van der Waals surface area contributed by atoms with Crippen LogP contribution in [0.3, 0.4) is 0 Å². The number of ether oxygens (including phenoxy) is 2. The number of nitrogens with zero attached hydrogens (tertiary/aromatic N) is 4. The number of allylic oxidation sites excluding steroid dienone is 3. The summed E-state index contributed by atoms with van der Waals surface area (Å²) in [5.74, 6) is -0.463. The van der Waals surface area contributed by atoms with Gasteiger partial charge in [0, 0.05) is 75.5 Å². The van der Waals surface area contributed by atoms with E-state index in [1.54, 1.807) is 6.08 Å². The van der Waals surface area contributed by atoms with Crippen molar-refractivity contribution in [3.63, 3.8) is 0 Å². The van der Waals surface area contributed by atoms with Gasteiger partial charge >= 0.3 is 0 Å². The average molecular weight is 562 g/mol. The van der Waals surface area contributed by atoms with Gasteiger partial charge in [-0.15, -0.1) is 0 Å². The van der Waals surface area contributed by atoms with Crippen LogP contribution in [-0.4, -0.2) is 92.1 Å². The van der Waals surface area contributed by atoms with Crippen molar-refractivity contribution in [2.45, 2.75) is 46.2 Å². The number of amides is 1. The van der Waals surface area contributed by atoms with Crippen molar-refractivity contribution in [3.8, 4) is 11.1 Å². The second-order valence-electron chi connectivity index (χ2n) is 11.5. The van der Waals surface area contributed by atoms with Crippen molar-refractivity contribution in [1.29, 1.82) is 0 Å². The van der Waals surface area contributed by atoms with E-state index in [9.17, 15) is 9.59 Å². The summed E-state index contributed by atoms with van der Waals surface area (Å²) in [6.07, 6.45) is 9.52. The number of aromatic nitrogens is 2. The second-order valence-corrected chi connectivity index (χ2v) is 11.5. The number of ketones is 1. The fourth-order valence-corrected chi connectivity index (χ4v) is 6.04. The van der Waals surface area contributed by atoms with Gasteiger partial charge in [-0.1, -0.05) is 11.6 Å². The predicted octanol–water partition coefficient (Wildman–Crippen LogP) is 3.63. The van der Waals surface area contributed by atoms with E-state index in [-0.39, 0.29) is 24.2 Å². The summed E-state index contributed by atoms with van der Waals surface area (Å²) in [7, 11) is 2.11. The van der Waals surface area contributed by atoms with Crippen molar-refractivity contribution >= 4 is 17.4 Å². The zero-order chi connectivity index (χ0) is 28.9. The summed E-state index contributed by atoms with van der Waals surface area (Å²) in [6, 6.07) is 4.48. The van der Waals surface area contributed by atoms with E-state index in [1.165, 1.54) is 0 Å². The van der Waals surface area contributed by atoms with E-state index in [0.29, 0.717) is 11.6 Å². The highest BCUT2D eigenvalue weighted by Gasteiger charge is 2.26. The molecule has 0 spiro atoms. The third-order valence-electron chi connectivity index (χ3n) is 8.64. The zero-order valence-corrected chi connectivity index (χ0v) is 24.8. The summed E-state index contributed by atoms with van der Waals surface area (Å²) < 4.78 is 13.0. The molecule has 3 heterocycles. The molecule has 1 atom stereocenters. The van der Waals surface area contributed by atoms with Gasteiger partial charge < -0.3 is 19.7 Å². The Labute approximate surface area is 243 Å². The molecule has 1 amide bonds. The maximum absolute atomic E-state index is 13.7. The van der Waals surface area contributed by atoms with Crippen LogP contribution in [-0.2, 0) is 20.8 Å². The Kier molecular flexibility index (Phi) is 9.37. The Bertz CT molecular complexity index is 1320. The molecule has 2 aliphatic heterocycles. The van der Waals surface area contributed by atoms with E-state index >= 15 is 0 Å². The van der Waals surface area contributed by atoms with E-state index < -0.39 is 0 Å². The van der Waals surface area contributed by atoms with E-state index in [0.717, 1.165) is 99.0 Å². The first kappa shape index (κ1) is 29.2. The minimum Gasteiger partial charge on any atom is -0.381 e. The Hall–Kier alpha value is -3.27. The highest BCUT2D eigenvalue weighted by atomic mass is 16.5. The lowest BCUT2D eigenvalue weighted by molar-refractivity contribution is -0.117. The Morgan fingerprint density at radius 3 is 2.49 bits per heavy atom. The largest absolute Gasteiger partial charge is 0.381 e. The van der Waals surface area contributed by atoms with Gasteiger partial charge in [0.05, 0.1) is 31.9 Å². The van der Waals surface area contributed by atoms with Crippen LogP contribution in [0.25, 0.3) is 11.1 Å². The van der Waals surface area contributed by atoms with E-state index in [4.69, 9.17) is 9.47 Å². The average Bonchev–Trinajstić information content (AvgIpc) is 3.45. The zero-order valence-electron chi connectivity index (χ0n) is 24.8. The molecule has 2 aromatic rings. The number of nitrogens with one attached hydrogen (secondary N) is 1. The number of carbonyl (C=O) groups is 2. The third kappa shape index (κ3) is 6.97. The monoisotopic (exact) mass is 561 g/mol. The predicted molar refractivity (Wildman–Crippen MR) is 160 cm³/mol. The molecule has 0 saturated carbocycles. The van der Waals surface area contributed by atoms with Gasteiger partial charge in [-0.2, -0.15) is 5.10 Å². The van der Waals surface area contributed by atoms with Gasteiger partial charge in [0.2, 0.25) is 0 Å². The molecular weight excluding hydrogens is 518 g/mol. The van der Waals surface area contributed by atoms with Crippen LogP contribution < -0.4 is 10.2 Å². The number of anilines is 1. The van der Waals surface area contributed by atoms with Crippen LogP contribution in [0, 0.1) is 12.8 Å². The topological polar surface area (TPSA) is 88.9 Å². The summed E-state index contributed by atoms with van der Waals surface area (Å²) in [5, 5.41) is 7.70. The molecule has 0 radical (unpaired) electrons. The maximum atomic E-state index is 13.7. The number of rotatable bonds is 9. The molecule has 3 aliphatic rings. The van der Waals surface area contributed by atoms with Crippen molar-refractivity contribution in [2.75, 3.05) is 64.6 Å². The number of benzene rings is 1. The molecule has 1 aromatic heterocycles. The lowest BCUT2D eigenvalue weighted by Crippen LogP contribution is -2.38. The summed E-state index contributed by atoms with van der Waals surface area (Å²) in [6.45, 7) is 12.8. The van der Waals surface area contributed by atoms with Crippen LogP contribution in [0.15, 0.2) is 47.8 Å².